The third kappa shape index (κ3) is 3.59. The van der Waals surface area contributed by atoms with Crippen LogP contribution in [0.4, 0.5) is 0 Å². The van der Waals surface area contributed by atoms with Crippen LogP contribution in [0.5, 0.6) is 0 Å². The molecule has 2 aliphatic rings. The summed E-state index contributed by atoms with van der Waals surface area (Å²) in [5.41, 5.74) is 7.40. The fourth-order valence-electron chi connectivity index (χ4n) is 4.44. The molecule has 1 aromatic rings. The van der Waals surface area contributed by atoms with Crippen molar-refractivity contribution in [1.29, 1.82) is 0 Å². The molecule has 9 heteroatoms. The van der Waals surface area contributed by atoms with Crippen LogP contribution in [0.25, 0.3) is 0 Å². The number of carbonyl (C=O) groups is 3. The number of nitrogens with two attached hydrogens (primary N) is 1. The summed E-state index contributed by atoms with van der Waals surface area (Å²) in [5, 5.41) is 4.85. The average Bonchev–Trinajstić information content (AvgIpc) is 3.31. The Hall–Kier alpha value is -2.00. The van der Waals surface area contributed by atoms with Crippen molar-refractivity contribution in [3.63, 3.8) is 0 Å². The molecule has 0 radical (unpaired) electrons. The van der Waals surface area contributed by atoms with Crippen LogP contribution in [-0.2, 0) is 25.5 Å². The molecule has 3 atom stereocenters. The molecule has 0 spiro atoms. The molecule has 8 nitrogen and oxygen atoms in total. The van der Waals surface area contributed by atoms with Gasteiger partial charge in [-0.1, -0.05) is 0 Å². The van der Waals surface area contributed by atoms with Gasteiger partial charge in [-0.2, -0.15) is 0 Å². The first-order valence-electron chi connectivity index (χ1n) is 8.72. The van der Waals surface area contributed by atoms with Gasteiger partial charge in [0.2, 0.25) is 11.8 Å². The Kier molecular flexibility index (Phi) is 5.57. The fourth-order valence-corrected chi connectivity index (χ4v) is 5.00. The van der Waals surface area contributed by atoms with E-state index < -0.39 is 5.41 Å². The Bertz CT molecular complexity index is 680. The minimum Gasteiger partial charge on any atom is -0.469 e. The maximum absolute atomic E-state index is 13.2. The van der Waals surface area contributed by atoms with Crippen molar-refractivity contribution in [3.05, 3.63) is 16.6 Å². The standard InChI is InChI=1S/C17H24N4O4S/c1-25-15(23)4-5-19-16(24)17(6-11-9-26-10-20-11)7-12-2-3-13(17)21(12)8-14(18)22/h9-10,12-13H,2-8H2,1H3,(H2,18,22)(H,19,24)/t12-,13+,17+/m1/s1. The number of amides is 2. The molecule has 2 amide bonds. The second-order valence-electron chi connectivity index (χ2n) is 6.98. The van der Waals surface area contributed by atoms with E-state index in [2.05, 4.69) is 19.9 Å². The number of thiazole rings is 1. The molecule has 2 aliphatic heterocycles. The predicted octanol–water partition coefficient (Wildman–Crippen LogP) is 0.0733. The lowest BCUT2D eigenvalue weighted by atomic mass is 9.70. The first-order chi connectivity index (χ1) is 12.5. The van der Waals surface area contributed by atoms with Crippen molar-refractivity contribution in [2.45, 2.75) is 44.2 Å². The maximum atomic E-state index is 13.2. The third-order valence-corrected chi connectivity index (χ3v) is 6.13. The molecule has 26 heavy (non-hydrogen) atoms. The molecule has 2 saturated heterocycles. The number of carbonyl (C=O) groups excluding carboxylic acids is 3. The van der Waals surface area contributed by atoms with Crippen LogP contribution in [0.2, 0.25) is 0 Å². The highest BCUT2D eigenvalue weighted by atomic mass is 32.1. The van der Waals surface area contributed by atoms with E-state index in [1.54, 1.807) is 5.51 Å². The number of esters is 1. The molecular formula is C17H24N4O4S. The zero-order valence-electron chi connectivity index (χ0n) is 14.8. The summed E-state index contributed by atoms with van der Waals surface area (Å²) in [7, 11) is 1.32. The molecule has 2 fully saturated rings. The van der Waals surface area contributed by atoms with Crippen LogP contribution < -0.4 is 11.1 Å². The van der Waals surface area contributed by atoms with E-state index in [0.29, 0.717) is 12.8 Å². The lowest BCUT2D eigenvalue weighted by molar-refractivity contribution is -0.140. The monoisotopic (exact) mass is 380 g/mol. The molecule has 1 aromatic heterocycles. The molecule has 3 heterocycles. The van der Waals surface area contributed by atoms with E-state index in [4.69, 9.17) is 5.73 Å². The van der Waals surface area contributed by atoms with Gasteiger partial charge in [-0.15, -0.1) is 11.3 Å². The van der Waals surface area contributed by atoms with Gasteiger partial charge in [0.05, 0.1) is 36.7 Å². The molecule has 142 valence electrons. The van der Waals surface area contributed by atoms with Gasteiger partial charge in [0.15, 0.2) is 0 Å². The number of aromatic nitrogens is 1. The summed E-state index contributed by atoms with van der Waals surface area (Å²) >= 11 is 1.50. The van der Waals surface area contributed by atoms with Crippen molar-refractivity contribution in [2.24, 2.45) is 11.1 Å². The van der Waals surface area contributed by atoms with Crippen molar-refractivity contribution >= 4 is 29.1 Å². The van der Waals surface area contributed by atoms with Crippen LogP contribution in [0.1, 0.15) is 31.4 Å². The minimum absolute atomic E-state index is 0.0418. The van der Waals surface area contributed by atoms with Crippen LogP contribution >= 0.6 is 11.3 Å². The first kappa shape index (κ1) is 18.8. The summed E-state index contributed by atoms with van der Waals surface area (Å²) in [6.45, 7) is 0.404. The predicted molar refractivity (Wildman–Crippen MR) is 95.2 cm³/mol. The van der Waals surface area contributed by atoms with Crippen LogP contribution in [0.3, 0.4) is 0 Å². The van der Waals surface area contributed by atoms with E-state index in [9.17, 15) is 14.4 Å². The number of hydrogen-bond donors (Lipinski definition) is 2. The molecule has 2 bridgehead atoms. The summed E-state index contributed by atoms with van der Waals surface area (Å²) in [4.78, 5) is 42.4. The van der Waals surface area contributed by atoms with E-state index in [1.807, 2.05) is 5.38 Å². The number of rotatable bonds is 8. The number of nitrogens with one attached hydrogen (secondary N) is 1. The van der Waals surface area contributed by atoms with Gasteiger partial charge in [-0.25, -0.2) is 4.98 Å². The Balaban J connectivity index is 1.78. The second kappa shape index (κ2) is 7.71. The largest absolute Gasteiger partial charge is 0.469 e. The van der Waals surface area contributed by atoms with Gasteiger partial charge in [0, 0.05) is 30.4 Å². The molecule has 0 aromatic carbocycles. The summed E-state index contributed by atoms with van der Waals surface area (Å²) in [6.07, 6.45) is 3.15. The number of nitrogens with zero attached hydrogens (tertiary/aromatic N) is 2. The number of fused-ring (bicyclic) bond motifs is 2. The quantitative estimate of drug-likeness (QED) is 0.617. The van der Waals surface area contributed by atoms with Crippen LogP contribution in [0, 0.1) is 5.41 Å². The van der Waals surface area contributed by atoms with Gasteiger partial charge in [-0.3, -0.25) is 19.3 Å². The van der Waals surface area contributed by atoms with E-state index in [1.165, 1.54) is 18.4 Å². The summed E-state index contributed by atoms with van der Waals surface area (Å²) in [5.74, 6) is -0.823. The summed E-state index contributed by atoms with van der Waals surface area (Å²) < 4.78 is 4.62. The molecule has 3 N–H and O–H groups in total. The molecule has 0 unspecified atom stereocenters. The molecule has 3 rings (SSSR count). The van der Waals surface area contributed by atoms with Crippen molar-refractivity contribution in [3.8, 4) is 0 Å². The van der Waals surface area contributed by atoms with Crippen LogP contribution in [-0.4, -0.2) is 60.0 Å². The third-order valence-electron chi connectivity index (χ3n) is 5.49. The number of ether oxygens (including phenoxy) is 1. The summed E-state index contributed by atoms with van der Waals surface area (Å²) in [6, 6.07) is 0.136. The van der Waals surface area contributed by atoms with Crippen molar-refractivity contribution < 1.29 is 19.1 Å². The van der Waals surface area contributed by atoms with E-state index >= 15 is 0 Å². The highest BCUT2D eigenvalue weighted by molar-refractivity contribution is 7.07. The number of primary amides is 1. The zero-order chi connectivity index (χ0) is 18.7. The smallest absolute Gasteiger partial charge is 0.307 e. The Labute approximate surface area is 156 Å². The lowest BCUT2D eigenvalue weighted by Crippen LogP contribution is -2.51. The van der Waals surface area contributed by atoms with Gasteiger partial charge in [0.25, 0.3) is 0 Å². The Morgan fingerprint density at radius 1 is 1.46 bits per heavy atom. The van der Waals surface area contributed by atoms with Gasteiger partial charge < -0.3 is 15.8 Å². The first-order valence-corrected chi connectivity index (χ1v) is 9.67. The normalized spacial score (nSPS) is 27.4. The lowest BCUT2D eigenvalue weighted by Gasteiger charge is -2.36. The average molecular weight is 380 g/mol. The molecular weight excluding hydrogens is 356 g/mol. The van der Waals surface area contributed by atoms with E-state index in [-0.39, 0.29) is 49.4 Å². The molecule has 0 saturated carbocycles. The number of methoxy groups -OCH3 is 1. The highest BCUT2D eigenvalue weighted by Gasteiger charge is 2.59. The van der Waals surface area contributed by atoms with E-state index in [0.717, 1.165) is 18.5 Å². The topological polar surface area (TPSA) is 115 Å². The Morgan fingerprint density at radius 2 is 2.27 bits per heavy atom. The SMILES string of the molecule is COC(=O)CCNC(=O)[C@@]1(Cc2cscn2)C[C@H]2CC[C@@H]1N2CC(N)=O. The molecule has 0 aliphatic carbocycles. The van der Waals surface area contributed by atoms with Gasteiger partial charge in [0.1, 0.15) is 0 Å². The fraction of sp³-hybridized carbons (Fsp3) is 0.647. The maximum Gasteiger partial charge on any atom is 0.307 e. The van der Waals surface area contributed by atoms with Gasteiger partial charge >= 0.3 is 5.97 Å². The Morgan fingerprint density at radius 3 is 2.92 bits per heavy atom. The second-order valence-corrected chi connectivity index (χ2v) is 7.70. The highest BCUT2D eigenvalue weighted by Crippen LogP contribution is 2.51. The van der Waals surface area contributed by atoms with Gasteiger partial charge in [-0.05, 0) is 19.3 Å². The number of hydrogen-bond acceptors (Lipinski definition) is 7. The van der Waals surface area contributed by atoms with Crippen LogP contribution in [0.15, 0.2) is 10.9 Å². The van der Waals surface area contributed by atoms with Crippen molar-refractivity contribution in [1.82, 2.24) is 15.2 Å². The zero-order valence-corrected chi connectivity index (χ0v) is 15.6. The minimum atomic E-state index is -0.650. The van der Waals surface area contributed by atoms with Crippen molar-refractivity contribution in [2.75, 3.05) is 20.2 Å².